The minimum absolute atomic E-state index is 0.0588. The predicted molar refractivity (Wildman–Crippen MR) is 54.7 cm³/mol. The molecule has 0 heterocycles. The molecule has 0 spiro atoms. The van der Waals surface area contributed by atoms with Crippen molar-refractivity contribution in [2.45, 2.75) is 33.6 Å². The molecule has 80 valence electrons. The van der Waals surface area contributed by atoms with Crippen LogP contribution in [0.5, 0.6) is 0 Å². The maximum absolute atomic E-state index is 11.6. The molecule has 14 heavy (non-hydrogen) atoms. The van der Waals surface area contributed by atoms with Crippen molar-refractivity contribution >= 4 is 5.97 Å². The summed E-state index contributed by atoms with van der Waals surface area (Å²) in [7, 11) is 0. The van der Waals surface area contributed by atoms with Crippen molar-refractivity contribution in [2.75, 3.05) is 6.61 Å². The summed E-state index contributed by atoms with van der Waals surface area (Å²) in [6.07, 6.45) is 2.52. The number of carbonyl (C=O) groups is 1. The van der Waals surface area contributed by atoms with Crippen molar-refractivity contribution in [3.8, 4) is 0 Å². The van der Waals surface area contributed by atoms with E-state index >= 15 is 0 Å². The Labute approximate surface area is 86.0 Å². The molecule has 0 radical (unpaired) electrons. The van der Waals surface area contributed by atoms with Gasteiger partial charge in [0, 0.05) is 0 Å². The van der Waals surface area contributed by atoms with Gasteiger partial charge in [0.15, 0.2) is 0 Å². The Hall–Kier alpha value is -0.530. The molecule has 0 aromatic carbocycles. The van der Waals surface area contributed by atoms with Gasteiger partial charge < -0.3 is 4.74 Å². The molecular weight excluding hydrogens is 176 g/mol. The van der Waals surface area contributed by atoms with Crippen molar-refractivity contribution < 1.29 is 9.53 Å². The summed E-state index contributed by atoms with van der Waals surface area (Å²) in [6.45, 7) is 6.99. The molecule has 5 unspecified atom stereocenters. The quantitative estimate of drug-likeness (QED) is 0.634. The first-order valence-corrected chi connectivity index (χ1v) is 5.81. The molecule has 2 rings (SSSR count). The zero-order valence-electron chi connectivity index (χ0n) is 9.32. The normalized spacial score (nSPS) is 45.5. The Bertz CT molecular complexity index is 236. The number of esters is 1. The molecule has 2 heteroatoms. The smallest absolute Gasteiger partial charge is 0.309 e. The number of rotatable bonds is 2. The van der Waals surface area contributed by atoms with E-state index in [9.17, 15) is 4.79 Å². The highest BCUT2D eigenvalue weighted by Crippen LogP contribution is 2.59. The summed E-state index contributed by atoms with van der Waals surface area (Å²) in [5.41, 5.74) is 0. The molecule has 0 aliphatic heterocycles. The van der Waals surface area contributed by atoms with Crippen LogP contribution in [0.3, 0.4) is 0 Å². The summed E-state index contributed by atoms with van der Waals surface area (Å²) in [5, 5.41) is 0. The molecule has 2 aliphatic rings. The van der Waals surface area contributed by atoms with E-state index in [1.54, 1.807) is 0 Å². The van der Waals surface area contributed by atoms with Gasteiger partial charge in [-0.3, -0.25) is 4.79 Å². The second kappa shape index (κ2) is 3.56. The monoisotopic (exact) mass is 196 g/mol. The SMILES string of the molecule is CCOC(=O)C1C2CC(C)CC(C)C21. The number of fused-ring (bicyclic) bond motifs is 1. The molecule has 5 atom stereocenters. The molecule has 2 nitrogen and oxygen atoms in total. The fraction of sp³-hybridized carbons (Fsp3) is 0.917. The van der Waals surface area contributed by atoms with Crippen LogP contribution in [0.1, 0.15) is 33.6 Å². The molecule has 0 aromatic rings. The van der Waals surface area contributed by atoms with Gasteiger partial charge in [0.05, 0.1) is 12.5 Å². The minimum Gasteiger partial charge on any atom is -0.466 e. The van der Waals surface area contributed by atoms with Crippen LogP contribution >= 0.6 is 0 Å². The van der Waals surface area contributed by atoms with Crippen LogP contribution in [0.4, 0.5) is 0 Å². The van der Waals surface area contributed by atoms with Crippen LogP contribution in [0.2, 0.25) is 0 Å². The molecule has 2 fully saturated rings. The maximum Gasteiger partial charge on any atom is 0.309 e. The van der Waals surface area contributed by atoms with Gasteiger partial charge in [0.1, 0.15) is 0 Å². The zero-order valence-corrected chi connectivity index (χ0v) is 9.32. The Morgan fingerprint density at radius 2 is 2.07 bits per heavy atom. The first-order chi connectivity index (χ1) is 6.65. The second-order valence-corrected chi connectivity index (χ2v) is 5.07. The molecule has 2 saturated carbocycles. The fourth-order valence-corrected chi connectivity index (χ4v) is 3.40. The zero-order chi connectivity index (χ0) is 10.3. The number of carbonyl (C=O) groups excluding carboxylic acids is 1. The molecule has 0 N–H and O–H groups in total. The lowest BCUT2D eigenvalue weighted by Gasteiger charge is -2.22. The van der Waals surface area contributed by atoms with Gasteiger partial charge in [-0.05, 0) is 43.4 Å². The summed E-state index contributed by atoms with van der Waals surface area (Å²) in [4.78, 5) is 11.6. The average Bonchev–Trinajstić information content (AvgIpc) is 2.78. The lowest BCUT2D eigenvalue weighted by Crippen LogP contribution is -2.13. The predicted octanol–water partition coefficient (Wildman–Crippen LogP) is 2.48. The second-order valence-electron chi connectivity index (χ2n) is 5.07. The number of hydrogen-bond acceptors (Lipinski definition) is 2. The summed E-state index contributed by atoms with van der Waals surface area (Å²) >= 11 is 0. The number of hydrogen-bond donors (Lipinski definition) is 0. The van der Waals surface area contributed by atoms with E-state index in [-0.39, 0.29) is 11.9 Å². The van der Waals surface area contributed by atoms with Crippen LogP contribution in [-0.2, 0) is 9.53 Å². The van der Waals surface area contributed by atoms with E-state index in [0.29, 0.717) is 18.4 Å². The Morgan fingerprint density at radius 1 is 1.36 bits per heavy atom. The van der Waals surface area contributed by atoms with Gasteiger partial charge in [-0.15, -0.1) is 0 Å². The van der Waals surface area contributed by atoms with Gasteiger partial charge in [-0.25, -0.2) is 0 Å². The standard InChI is InChI=1S/C12H20O2/c1-4-14-12(13)11-9-6-7(2)5-8(3)10(9)11/h7-11H,4-6H2,1-3H3. The summed E-state index contributed by atoms with van der Waals surface area (Å²) < 4.78 is 5.10. The van der Waals surface area contributed by atoms with Gasteiger partial charge in [-0.2, -0.15) is 0 Å². The largest absolute Gasteiger partial charge is 0.466 e. The Kier molecular flexibility index (Phi) is 2.54. The topological polar surface area (TPSA) is 26.3 Å². The van der Waals surface area contributed by atoms with Crippen LogP contribution in [0.15, 0.2) is 0 Å². The van der Waals surface area contributed by atoms with Crippen molar-refractivity contribution in [3.05, 3.63) is 0 Å². The third-order valence-electron chi connectivity index (χ3n) is 3.89. The van der Waals surface area contributed by atoms with E-state index in [1.165, 1.54) is 12.8 Å². The minimum atomic E-state index is 0.0588. The Morgan fingerprint density at radius 3 is 2.71 bits per heavy atom. The van der Waals surface area contributed by atoms with Gasteiger partial charge in [0.25, 0.3) is 0 Å². The summed E-state index contributed by atoms with van der Waals surface area (Å²) in [5.74, 6) is 3.11. The highest BCUT2D eigenvalue weighted by Gasteiger charge is 2.59. The molecule has 0 bridgehead atoms. The van der Waals surface area contributed by atoms with Crippen LogP contribution in [0, 0.1) is 29.6 Å². The third kappa shape index (κ3) is 1.55. The summed E-state index contributed by atoms with van der Waals surface area (Å²) in [6, 6.07) is 0. The molecule has 2 aliphatic carbocycles. The van der Waals surface area contributed by atoms with E-state index < -0.39 is 0 Å². The van der Waals surface area contributed by atoms with Gasteiger partial charge >= 0.3 is 5.97 Å². The van der Waals surface area contributed by atoms with E-state index in [4.69, 9.17) is 4.74 Å². The lowest BCUT2D eigenvalue weighted by molar-refractivity contribution is -0.145. The fourth-order valence-electron chi connectivity index (χ4n) is 3.40. The maximum atomic E-state index is 11.6. The average molecular weight is 196 g/mol. The first kappa shape index (κ1) is 10.0. The lowest BCUT2D eigenvalue weighted by atomic mass is 9.84. The highest BCUT2D eigenvalue weighted by atomic mass is 16.5. The van der Waals surface area contributed by atoms with E-state index in [2.05, 4.69) is 13.8 Å². The molecule has 0 aromatic heterocycles. The van der Waals surface area contributed by atoms with E-state index in [1.807, 2.05) is 6.92 Å². The van der Waals surface area contributed by atoms with Crippen molar-refractivity contribution in [2.24, 2.45) is 29.6 Å². The van der Waals surface area contributed by atoms with Crippen LogP contribution in [0.25, 0.3) is 0 Å². The first-order valence-electron chi connectivity index (χ1n) is 5.81. The van der Waals surface area contributed by atoms with Crippen molar-refractivity contribution in [1.29, 1.82) is 0 Å². The third-order valence-corrected chi connectivity index (χ3v) is 3.89. The van der Waals surface area contributed by atoms with E-state index in [0.717, 1.165) is 11.8 Å². The highest BCUT2D eigenvalue weighted by molar-refractivity contribution is 5.76. The van der Waals surface area contributed by atoms with Crippen LogP contribution in [-0.4, -0.2) is 12.6 Å². The van der Waals surface area contributed by atoms with Crippen molar-refractivity contribution in [3.63, 3.8) is 0 Å². The van der Waals surface area contributed by atoms with Crippen LogP contribution < -0.4 is 0 Å². The Balaban J connectivity index is 1.96. The van der Waals surface area contributed by atoms with Gasteiger partial charge in [-0.1, -0.05) is 13.8 Å². The molecule has 0 saturated heterocycles. The molecule has 0 amide bonds. The van der Waals surface area contributed by atoms with Gasteiger partial charge in [0.2, 0.25) is 0 Å². The number of ether oxygens (including phenoxy) is 1. The van der Waals surface area contributed by atoms with Crippen molar-refractivity contribution in [1.82, 2.24) is 0 Å². The molecular formula is C12H20O2.